The molecule has 1 amide bonds. The summed E-state index contributed by atoms with van der Waals surface area (Å²) in [6, 6.07) is 15.9. The van der Waals surface area contributed by atoms with Crippen molar-refractivity contribution in [3.8, 4) is 0 Å². The molecule has 0 saturated heterocycles. The smallest absolute Gasteiger partial charge is 0.329 e. The highest BCUT2D eigenvalue weighted by Gasteiger charge is 2.33. The average Bonchev–Trinajstić information content (AvgIpc) is 3.46. The van der Waals surface area contributed by atoms with Crippen LogP contribution < -0.4 is 11.0 Å². The summed E-state index contributed by atoms with van der Waals surface area (Å²) in [4.78, 5) is 25.2. The van der Waals surface area contributed by atoms with Gasteiger partial charge in [-0.25, -0.2) is 4.79 Å². The number of amides is 1. The predicted molar refractivity (Wildman–Crippen MR) is 102 cm³/mol. The molecule has 26 heavy (non-hydrogen) atoms. The minimum absolute atomic E-state index is 0.0220. The molecule has 134 valence electrons. The molecule has 5 nitrogen and oxygen atoms in total. The summed E-state index contributed by atoms with van der Waals surface area (Å²) >= 11 is 0. The fourth-order valence-corrected chi connectivity index (χ4v) is 3.56. The van der Waals surface area contributed by atoms with Crippen molar-refractivity contribution in [1.29, 1.82) is 0 Å². The molecule has 1 aliphatic carbocycles. The van der Waals surface area contributed by atoms with Gasteiger partial charge in [-0.15, -0.1) is 0 Å². The van der Waals surface area contributed by atoms with Crippen LogP contribution >= 0.6 is 0 Å². The fraction of sp³-hybridized carbons (Fsp3) is 0.333. The number of para-hydroxylation sites is 2. The van der Waals surface area contributed by atoms with Gasteiger partial charge in [0.15, 0.2) is 0 Å². The highest BCUT2D eigenvalue weighted by molar-refractivity contribution is 5.81. The molecule has 2 aromatic carbocycles. The first-order chi connectivity index (χ1) is 12.5. The van der Waals surface area contributed by atoms with E-state index in [4.69, 9.17) is 0 Å². The Bertz CT molecular complexity index is 1010. The SMILES string of the molecule is Cc1ccc(C(NC(=O)Cn2c(=O)n(C)c3ccccc32)C2CC2)cc1. The molecular formula is C21H23N3O2. The van der Waals surface area contributed by atoms with Crippen molar-refractivity contribution in [2.75, 3.05) is 0 Å². The first-order valence-electron chi connectivity index (χ1n) is 9.05. The van der Waals surface area contributed by atoms with Crippen LogP contribution in [0.1, 0.15) is 30.0 Å². The Kier molecular flexibility index (Phi) is 4.15. The lowest BCUT2D eigenvalue weighted by Gasteiger charge is -2.19. The van der Waals surface area contributed by atoms with Crippen LogP contribution in [0.25, 0.3) is 11.0 Å². The van der Waals surface area contributed by atoms with Gasteiger partial charge in [-0.2, -0.15) is 0 Å². The molecule has 4 rings (SSSR count). The Morgan fingerprint density at radius 2 is 1.77 bits per heavy atom. The Hall–Kier alpha value is -2.82. The quantitative estimate of drug-likeness (QED) is 0.770. The van der Waals surface area contributed by atoms with Gasteiger partial charge in [0, 0.05) is 7.05 Å². The van der Waals surface area contributed by atoms with Crippen molar-refractivity contribution in [2.24, 2.45) is 13.0 Å². The van der Waals surface area contributed by atoms with Gasteiger partial charge in [-0.1, -0.05) is 42.0 Å². The number of hydrogen-bond acceptors (Lipinski definition) is 2. The zero-order chi connectivity index (χ0) is 18.3. The lowest BCUT2D eigenvalue weighted by atomic mass is 10.0. The van der Waals surface area contributed by atoms with E-state index < -0.39 is 0 Å². The van der Waals surface area contributed by atoms with Crippen molar-refractivity contribution in [1.82, 2.24) is 14.5 Å². The van der Waals surface area contributed by atoms with E-state index in [9.17, 15) is 9.59 Å². The third-order valence-corrected chi connectivity index (χ3v) is 5.20. The lowest BCUT2D eigenvalue weighted by Crippen LogP contribution is -2.35. The molecule has 3 aromatic rings. The first kappa shape index (κ1) is 16.6. The van der Waals surface area contributed by atoms with Gasteiger partial charge >= 0.3 is 5.69 Å². The molecule has 5 heteroatoms. The summed E-state index contributed by atoms with van der Waals surface area (Å²) in [6.07, 6.45) is 2.26. The number of hydrogen-bond donors (Lipinski definition) is 1. The number of fused-ring (bicyclic) bond motifs is 1. The lowest BCUT2D eigenvalue weighted by molar-refractivity contribution is -0.122. The zero-order valence-corrected chi connectivity index (χ0v) is 15.1. The van der Waals surface area contributed by atoms with Crippen LogP contribution in [0.2, 0.25) is 0 Å². The van der Waals surface area contributed by atoms with Crippen LogP contribution in [0.15, 0.2) is 53.3 Å². The first-order valence-corrected chi connectivity index (χ1v) is 9.05. The Morgan fingerprint density at radius 1 is 1.12 bits per heavy atom. The third-order valence-electron chi connectivity index (χ3n) is 5.20. The van der Waals surface area contributed by atoms with Gasteiger partial charge in [0.2, 0.25) is 5.91 Å². The highest BCUT2D eigenvalue weighted by atomic mass is 16.2. The molecule has 0 spiro atoms. The Morgan fingerprint density at radius 3 is 2.42 bits per heavy atom. The maximum absolute atomic E-state index is 12.7. The maximum atomic E-state index is 12.7. The third kappa shape index (κ3) is 3.05. The molecule has 1 unspecified atom stereocenters. The van der Waals surface area contributed by atoms with Crippen LogP contribution in [0.3, 0.4) is 0 Å². The summed E-state index contributed by atoms with van der Waals surface area (Å²) in [7, 11) is 1.73. The fourth-order valence-electron chi connectivity index (χ4n) is 3.56. The number of nitrogens with one attached hydrogen (secondary N) is 1. The number of aryl methyl sites for hydroxylation is 2. The zero-order valence-electron chi connectivity index (χ0n) is 15.1. The second-order valence-corrected chi connectivity index (χ2v) is 7.21. The standard InChI is InChI=1S/C21H23N3O2/c1-14-7-9-15(10-8-14)20(16-11-12-16)22-19(25)13-24-18-6-4-3-5-17(18)23(2)21(24)26/h3-10,16,20H,11-13H2,1-2H3,(H,22,25). The van der Waals surface area contributed by atoms with Crippen LogP contribution in [0, 0.1) is 12.8 Å². The van der Waals surface area contributed by atoms with Gasteiger partial charge in [0.25, 0.3) is 0 Å². The number of rotatable bonds is 5. The van der Waals surface area contributed by atoms with Gasteiger partial charge in [0.05, 0.1) is 17.1 Å². The summed E-state index contributed by atoms with van der Waals surface area (Å²) < 4.78 is 3.13. The highest BCUT2D eigenvalue weighted by Crippen LogP contribution is 2.41. The number of carbonyl (C=O) groups excluding carboxylic acids is 1. The molecule has 0 radical (unpaired) electrons. The van der Waals surface area contributed by atoms with E-state index in [2.05, 4.69) is 36.5 Å². The van der Waals surface area contributed by atoms with Crippen molar-refractivity contribution in [3.05, 3.63) is 70.1 Å². The van der Waals surface area contributed by atoms with E-state index in [1.165, 1.54) is 5.56 Å². The largest absolute Gasteiger partial charge is 0.347 e. The molecule has 1 aliphatic rings. The van der Waals surface area contributed by atoms with Crippen LogP contribution in [-0.4, -0.2) is 15.0 Å². The normalized spacial score (nSPS) is 15.2. The summed E-state index contributed by atoms with van der Waals surface area (Å²) in [6.45, 7) is 2.09. The van der Waals surface area contributed by atoms with Gasteiger partial charge < -0.3 is 5.32 Å². The average molecular weight is 349 g/mol. The molecule has 1 atom stereocenters. The topological polar surface area (TPSA) is 56.0 Å². The second-order valence-electron chi connectivity index (χ2n) is 7.21. The molecule has 1 fully saturated rings. The molecular weight excluding hydrogens is 326 g/mol. The number of nitrogens with zero attached hydrogens (tertiary/aromatic N) is 2. The summed E-state index contributed by atoms with van der Waals surface area (Å²) in [5.41, 5.74) is 3.80. The Labute approximate surface area is 152 Å². The molecule has 1 N–H and O–H groups in total. The minimum atomic E-state index is -0.167. The van der Waals surface area contributed by atoms with Gasteiger partial charge in [-0.05, 0) is 43.4 Å². The van der Waals surface area contributed by atoms with E-state index in [0.29, 0.717) is 5.92 Å². The maximum Gasteiger partial charge on any atom is 0.329 e. The number of aromatic nitrogens is 2. The van der Waals surface area contributed by atoms with Crippen molar-refractivity contribution in [3.63, 3.8) is 0 Å². The van der Waals surface area contributed by atoms with E-state index in [1.807, 2.05) is 24.3 Å². The molecule has 0 bridgehead atoms. The minimum Gasteiger partial charge on any atom is -0.347 e. The second kappa shape index (κ2) is 6.48. The van der Waals surface area contributed by atoms with Crippen molar-refractivity contribution >= 4 is 16.9 Å². The van der Waals surface area contributed by atoms with Crippen LogP contribution in [0.5, 0.6) is 0 Å². The van der Waals surface area contributed by atoms with Crippen molar-refractivity contribution in [2.45, 2.75) is 32.4 Å². The van der Waals surface area contributed by atoms with Crippen LogP contribution in [-0.2, 0) is 18.4 Å². The Balaban J connectivity index is 1.58. The van der Waals surface area contributed by atoms with Crippen molar-refractivity contribution < 1.29 is 4.79 Å². The number of carbonyl (C=O) groups is 1. The number of imidazole rings is 1. The molecule has 1 heterocycles. The molecule has 0 aliphatic heterocycles. The monoisotopic (exact) mass is 349 g/mol. The predicted octanol–water partition coefficient (Wildman–Crippen LogP) is 2.92. The molecule has 1 saturated carbocycles. The molecule has 1 aromatic heterocycles. The summed E-state index contributed by atoms with van der Waals surface area (Å²) in [5.74, 6) is 0.367. The van der Waals surface area contributed by atoms with Gasteiger partial charge in [0.1, 0.15) is 6.54 Å². The van der Waals surface area contributed by atoms with E-state index in [-0.39, 0.29) is 24.2 Å². The summed E-state index contributed by atoms with van der Waals surface area (Å²) in [5, 5.41) is 3.16. The van der Waals surface area contributed by atoms with E-state index >= 15 is 0 Å². The van der Waals surface area contributed by atoms with E-state index in [0.717, 1.165) is 29.4 Å². The number of benzene rings is 2. The van der Waals surface area contributed by atoms with Gasteiger partial charge in [-0.3, -0.25) is 13.9 Å². The van der Waals surface area contributed by atoms with E-state index in [1.54, 1.807) is 16.2 Å². The van der Waals surface area contributed by atoms with Crippen LogP contribution in [0.4, 0.5) is 0 Å².